The molecule has 70 valence electrons. The molecule has 0 aromatic heterocycles. The van der Waals surface area contributed by atoms with Crippen LogP contribution in [0.15, 0.2) is 30.3 Å². The zero-order valence-corrected chi connectivity index (χ0v) is 8.21. The number of hydrogen-bond acceptors (Lipinski definition) is 1. The molecule has 0 N–H and O–H groups in total. The van der Waals surface area contributed by atoms with Gasteiger partial charge in [-0.2, -0.15) is 0 Å². The number of methoxy groups -OCH3 is 1. The predicted octanol–water partition coefficient (Wildman–Crippen LogP) is 2.95. The van der Waals surface area contributed by atoms with E-state index in [1.165, 1.54) is 21.9 Å². The first-order valence-electron chi connectivity index (χ1n) is 4.97. The third kappa shape index (κ3) is 0.897. The van der Waals surface area contributed by atoms with Crippen LogP contribution in [0.5, 0.6) is 5.75 Å². The van der Waals surface area contributed by atoms with Crippen LogP contribution in [0.1, 0.15) is 11.1 Å². The lowest BCUT2D eigenvalue weighted by Crippen LogP contribution is -1.88. The standard InChI is InChI=1S/C13H12O/c1-14-12-8-6-10-4-2-3-9-5-7-11(12)13(9)10/h2-4,6,8H,5,7H2,1H3. The summed E-state index contributed by atoms with van der Waals surface area (Å²) in [6.07, 6.45) is 2.28. The first kappa shape index (κ1) is 7.86. The zero-order chi connectivity index (χ0) is 9.54. The molecule has 1 nitrogen and oxygen atoms in total. The van der Waals surface area contributed by atoms with Gasteiger partial charge in [0.25, 0.3) is 0 Å². The van der Waals surface area contributed by atoms with Crippen LogP contribution in [-0.2, 0) is 12.8 Å². The smallest absolute Gasteiger partial charge is 0.122 e. The van der Waals surface area contributed by atoms with E-state index < -0.39 is 0 Å². The van der Waals surface area contributed by atoms with E-state index in [2.05, 4.69) is 30.3 Å². The van der Waals surface area contributed by atoms with Crippen LogP contribution in [0.3, 0.4) is 0 Å². The van der Waals surface area contributed by atoms with Gasteiger partial charge in [0, 0.05) is 5.56 Å². The Hall–Kier alpha value is -1.50. The molecule has 1 aliphatic carbocycles. The molecule has 0 spiro atoms. The summed E-state index contributed by atoms with van der Waals surface area (Å²) in [5.74, 6) is 1.04. The Balaban J connectivity index is 2.45. The normalized spacial score (nSPS) is 13.5. The van der Waals surface area contributed by atoms with Gasteiger partial charge in [-0.05, 0) is 35.2 Å². The van der Waals surface area contributed by atoms with Crippen LogP contribution in [-0.4, -0.2) is 7.11 Å². The Morgan fingerprint density at radius 1 is 1.07 bits per heavy atom. The van der Waals surface area contributed by atoms with E-state index in [1.54, 1.807) is 7.11 Å². The summed E-state index contributed by atoms with van der Waals surface area (Å²) in [6.45, 7) is 0. The van der Waals surface area contributed by atoms with Gasteiger partial charge in [0.15, 0.2) is 0 Å². The largest absolute Gasteiger partial charge is 0.496 e. The minimum atomic E-state index is 1.04. The zero-order valence-electron chi connectivity index (χ0n) is 8.21. The van der Waals surface area contributed by atoms with E-state index in [1.807, 2.05) is 0 Å². The van der Waals surface area contributed by atoms with Crippen LogP contribution < -0.4 is 4.74 Å². The van der Waals surface area contributed by atoms with E-state index in [0.29, 0.717) is 0 Å². The molecule has 0 atom stereocenters. The SMILES string of the molecule is COc1ccc2cccc3c2c1CC3. The lowest BCUT2D eigenvalue weighted by atomic mass is 10.0. The molecule has 0 saturated carbocycles. The maximum Gasteiger partial charge on any atom is 0.122 e. The molecule has 0 amide bonds. The molecule has 0 fully saturated rings. The molecule has 0 aliphatic heterocycles. The lowest BCUT2D eigenvalue weighted by Gasteiger charge is -2.06. The fraction of sp³-hybridized carbons (Fsp3) is 0.231. The van der Waals surface area contributed by atoms with Crippen molar-refractivity contribution in [2.45, 2.75) is 12.8 Å². The van der Waals surface area contributed by atoms with Crippen LogP contribution in [0, 0.1) is 0 Å². The number of benzene rings is 2. The van der Waals surface area contributed by atoms with Crippen LogP contribution in [0.4, 0.5) is 0 Å². The summed E-state index contributed by atoms with van der Waals surface area (Å²) >= 11 is 0. The van der Waals surface area contributed by atoms with Gasteiger partial charge in [-0.25, -0.2) is 0 Å². The van der Waals surface area contributed by atoms with Crippen molar-refractivity contribution in [1.82, 2.24) is 0 Å². The second kappa shape index (κ2) is 2.74. The molecular weight excluding hydrogens is 172 g/mol. The summed E-state index contributed by atoms with van der Waals surface area (Å²) in [4.78, 5) is 0. The third-order valence-corrected chi connectivity index (χ3v) is 3.06. The molecule has 0 bridgehead atoms. The molecule has 1 heteroatoms. The Bertz CT molecular complexity index is 500. The van der Waals surface area contributed by atoms with E-state index >= 15 is 0 Å². The Morgan fingerprint density at radius 2 is 2.00 bits per heavy atom. The predicted molar refractivity (Wildman–Crippen MR) is 57.9 cm³/mol. The van der Waals surface area contributed by atoms with E-state index in [0.717, 1.165) is 18.6 Å². The van der Waals surface area contributed by atoms with Crippen molar-refractivity contribution in [2.24, 2.45) is 0 Å². The molecule has 14 heavy (non-hydrogen) atoms. The average molecular weight is 184 g/mol. The maximum absolute atomic E-state index is 5.38. The Morgan fingerprint density at radius 3 is 2.86 bits per heavy atom. The van der Waals surface area contributed by atoms with Crippen LogP contribution >= 0.6 is 0 Å². The van der Waals surface area contributed by atoms with Gasteiger partial charge >= 0.3 is 0 Å². The van der Waals surface area contributed by atoms with Crippen molar-refractivity contribution in [2.75, 3.05) is 7.11 Å². The number of rotatable bonds is 1. The van der Waals surface area contributed by atoms with Gasteiger partial charge in [0.2, 0.25) is 0 Å². The van der Waals surface area contributed by atoms with Gasteiger partial charge in [-0.3, -0.25) is 0 Å². The second-order valence-corrected chi connectivity index (χ2v) is 3.76. The summed E-state index contributed by atoms with van der Waals surface area (Å²) in [7, 11) is 1.75. The molecule has 0 radical (unpaired) electrons. The van der Waals surface area contributed by atoms with Crippen molar-refractivity contribution in [1.29, 1.82) is 0 Å². The summed E-state index contributed by atoms with van der Waals surface area (Å²) in [5.41, 5.74) is 2.86. The van der Waals surface area contributed by atoms with Crippen molar-refractivity contribution >= 4 is 10.8 Å². The fourth-order valence-corrected chi connectivity index (χ4v) is 2.42. The van der Waals surface area contributed by atoms with E-state index in [9.17, 15) is 0 Å². The van der Waals surface area contributed by atoms with Crippen molar-refractivity contribution in [3.63, 3.8) is 0 Å². The summed E-state index contributed by atoms with van der Waals surface area (Å²) in [5, 5.41) is 2.77. The molecule has 0 heterocycles. The third-order valence-electron chi connectivity index (χ3n) is 3.06. The van der Waals surface area contributed by atoms with E-state index in [4.69, 9.17) is 4.74 Å². The van der Waals surface area contributed by atoms with E-state index in [-0.39, 0.29) is 0 Å². The summed E-state index contributed by atoms with van der Waals surface area (Å²) < 4.78 is 5.38. The first-order valence-corrected chi connectivity index (χ1v) is 4.97. The van der Waals surface area contributed by atoms with Gasteiger partial charge < -0.3 is 4.74 Å². The lowest BCUT2D eigenvalue weighted by molar-refractivity contribution is 0.411. The Labute approximate surface area is 83.3 Å². The van der Waals surface area contributed by atoms with Crippen molar-refractivity contribution in [3.05, 3.63) is 41.5 Å². The second-order valence-electron chi connectivity index (χ2n) is 3.76. The topological polar surface area (TPSA) is 9.23 Å². The van der Waals surface area contributed by atoms with Crippen LogP contribution in [0.2, 0.25) is 0 Å². The highest BCUT2D eigenvalue weighted by molar-refractivity contribution is 5.92. The molecule has 0 unspecified atom stereocenters. The minimum absolute atomic E-state index is 1.04. The number of hydrogen-bond donors (Lipinski definition) is 0. The maximum atomic E-state index is 5.38. The molecule has 0 saturated heterocycles. The summed E-state index contributed by atoms with van der Waals surface area (Å²) in [6, 6.07) is 10.8. The van der Waals surface area contributed by atoms with Crippen molar-refractivity contribution < 1.29 is 4.74 Å². The number of aryl methyl sites for hydroxylation is 2. The number of ether oxygens (including phenoxy) is 1. The van der Waals surface area contributed by atoms with Crippen LogP contribution in [0.25, 0.3) is 10.8 Å². The highest BCUT2D eigenvalue weighted by Gasteiger charge is 2.17. The van der Waals surface area contributed by atoms with Gasteiger partial charge in [0.1, 0.15) is 5.75 Å². The van der Waals surface area contributed by atoms with Gasteiger partial charge in [0.05, 0.1) is 7.11 Å². The molecule has 1 aliphatic rings. The average Bonchev–Trinajstić information content (AvgIpc) is 2.66. The minimum Gasteiger partial charge on any atom is -0.496 e. The molecule has 2 aromatic rings. The van der Waals surface area contributed by atoms with Gasteiger partial charge in [-0.1, -0.05) is 24.3 Å². The highest BCUT2D eigenvalue weighted by Crippen LogP contribution is 2.36. The van der Waals surface area contributed by atoms with Crippen molar-refractivity contribution in [3.8, 4) is 5.75 Å². The fourth-order valence-electron chi connectivity index (χ4n) is 2.42. The highest BCUT2D eigenvalue weighted by atomic mass is 16.5. The Kier molecular flexibility index (Phi) is 1.54. The molecular formula is C13H12O. The first-order chi connectivity index (χ1) is 6.90. The monoisotopic (exact) mass is 184 g/mol. The quantitative estimate of drug-likeness (QED) is 0.662. The molecule has 3 rings (SSSR count). The molecule has 2 aromatic carbocycles. The van der Waals surface area contributed by atoms with Gasteiger partial charge in [-0.15, -0.1) is 0 Å².